The molecule has 18 heavy (non-hydrogen) atoms. The van der Waals surface area contributed by atoms with Crippen molar-refractivity contribution >= 4 is 6.21 Å². The van der Waals surface area contributed by atoms with E-state index in [4.69, 9.17) is 5.21 Å². The molecule has 0 saturated carbocycles. The topological polar surface area (TPSA) is 50.4 Å². The minimum Gasteiger partial charge on any atom is -0.411 e. The van der Waals surface area contributed by atoms with Crippen molar-refractivity contribution in [3.63, 3.8) is 0 Å². The molecule has 0 fully saturated rings. The third kappa shape index (κ3) is 2.77. The molecule has 2 aromatic rings. The van der Waals surface area contributed by atoms with E-state index < -0.39 is 0 Å². The van der Waals surface area contributed by atoms with Gasteiger partial charge in [0, 0.05) is 5.69 Å². The number of nitrogens with zero attached hydrogens (tertiary/aromatic N) is 3. The van der Waals surface area contributed by atoms with Crippen molar-refractivity contribution in [2.45, 2.75) is 20.3 Å². The predicted molar refractivity (Wildman–Crippen MR) is 71.5 cm³/mol. The molecule has 0 aliphatic rings. The van der Waals surface area contributed by atoms with Gasteiger partial charge in [-0.05, 0) is 30.5 Å². The average molecular weight is 243 g/mol. The van der Waals surface area contributed by atoms with Gasteiger partial charge in [0.1, 0.15) is 5.69 Å². The van der Waals surface area contributed by atoms with Gasteiger partial charge >= 0.3 is 0 Å². The third-order valence-corrected chi connectivity index (χ3v) is 2.61. The van der Waals surface area contributed by atoms with Crippen LogP contribution in [0.25, 0.3) is 5.69 Å². The van der Waals surface area contributed by atoms with E-state index in [2.05, 4.69) is 24.1 Å². The Morgan fingerprint density at radius 2 is 2.06 bits per heavy atom. The van der Waals surface area contributed by atoms with E-state index in [9.17, 15) is 0 Å². The average Bonchev–Trinajstić information content (AvgIpc) is 2.73. The summed E-state index contributed by atoms with van der Waals surface area (Å²) in [6, 6.07) is 11.9. The highest BCUT2D eigenvalue weighted by molar-refractivity contribution is 5.76. The second kappa shape index (κ2) is 5.49. The molecule has 1 aromatic heterocycles. The SMILES string of the molecule is CC(C)Cc1cc(/C=N/O)nn1-c1ccccc1. The van der Waals surface area contributed by atoms with E-state index in [1.54, 1.807) is 0 Å². The number of rotatable bonds is 4. The van der Waals surface area contributed by atoms with Crippen molar-refractivity contribution in [2.24, 2.45) is 11.1 Å². The van der Waals surface area contributed by atoms with Crippen LogP contribution in [0, 0.1) is 5.92 Å². The summed E-state index contributed by atoms with van der Waals surface area (Å²) in [4.78, 5) is 0. The summed E-state index contributed by atoms with van der Waals surface area (Å²) in [5.74, 6) is 0.545. The largest absolute Gasteiger partial charge is 0.411 e. The summed E-state index contributed by atoms with van der Waals surface area (Å²) in [5, 5.41) is 16.1. The Hall–Kier alpha value is -2.10. The summed E-state index contributed by atoms with van der Waals surface area (Å²) in [6.45, 7) is 4.34. The van der Waals surface area contributed by atoms with E-state index in [1.165, 1.54) is 6.21 Å². The molecule has 0 aliphatic carbocycles. The first-order chi connectivity index (χ1) is 8.70. The molecule has 0 bridgehead atoms. The lowest BCUT2D eigenvalue weighted by molar-refractivity contribution is 0.321. The maximum atomic E-state index is 8.59. The number of benzene rings is 1. The highest BCUT2D eigenvalue weighted by Gasteiger charge is 2.10. The zero-order valence-electron chi connectivity index (χ0n) is 10.6. The smallest absolute Gasteiger partial charge is 0.107 e. The summed E-state index contributed by atoms with van der Waals surface area (Å²) in [5.41, 5.74) is 2.80. The van der Waals surface area contributed by atoms with Crippen LogP contribution in [0.3, 0.4) is 0 Å². The van der Waals surface area contributed by atoms with Crippen molar-refractivity contribution in [3.05, 3.63) is 47.8 Å². The molecule has 0 spiro atoms. The Bertz CT molecular complexity index is 529. The summed E-state index contributed by atoms with van der Waals surface area (Å²) < 4.78 is 1.90. The zero-order chi connectivity index (χ0) is 13.0. The summed E-state index contributed by atoms with van der Waals surface area (Å²) >= 11 is 0. The molecule has 0 amide bonds. The quantitative estimate of drug-likeness (QED) is 0.510. The third-order valence-electron chi connectivity index (χ3n) is 2.61. The predicted octanol–water partition coefficient (Wildman–Crippen LogP) is 2.88. The van der Waals surface area contributed by atoms with E-state index in [-0.39, 0.29) is 0 Å². The molecular weight excluding hydrogens is 226 g/mol. The fourth-order valence-electron chi connectivity index (χ4n) is 1.92. The van der Waals surface area contributed by atoms with E-state index in [1.807, 2.05) is 41.1 Å². The van der Waals surface area contributed by atoms with Crippen LogP contribution in [0.2, 0.25) is 0 Å². The van der Waals surface area contributed by atoms with Gasteiger partial charge < -0.3 is 5.21 Å². The Balaban J connectivity index is 2.44. The van der Waals surface area contributed by atoms with Gasteiger partial charge in [0.2, 0.25) is 0 Å². The lowest BCUT2D eigenvalue weighted by Crippen LogP contribution is -2.05. The Morgan fingerprint density at radius 3 is 2.67 bits per heavy atom. The second-order valence-corrected chi connectivity index (χ2v) is 4.65. The van der Waals surface area contributed by atoms with Crippen LogP contribution in [0.1, 0.15) is 25.2 Å². The van der Waals surface area contributed by atoms with Gasteiger partial charge in [-0.1, -0.05) is 37.2 Å². The van der Waals surface area contributed by atoms with Crippen molar-refractivity contribution < 1.29 is 5.21 Å². The molecule has 94 valence electrons. The van der Waals surface area contributed by atoms with E-state index in [0.29, 0.717) is 11.6 Å². The molecule has 0 atom stereocenters. The normalized spacial score (nSPS) is 11.5. The van der Waals surface area contributed by atoms with Crippen LogP contribution in [-0.2, 0) is 6.42 Å². The van der Waals surface area contributed by atoms with Crippen molar-refractivity contribution in [2.75, 3.05) is 0 Å². The van der Waals surface area contributed by atoms with Gasteiger partial charge in [-0.3, -0.25) is 0 Å². The Labute approximate surface area is 107 Å². The second-order valence-electron chi connectivity index (χ2n) is 4.65. The maximum absolute atomic E-state index is 8.59. The van der Waals surface area contributed by atoms with Crippen LogP contribution >= 0.6 is 0 Å². The van der Waals surface area contributed by atoms with Crippen LogP contribution < -0.4 is 0 Å². The molecule has 0 radical (unpaired) electrons. The van der Waals surface area contributed by atoms with Gasteiger partial charge in [0.05, 0.1) is 11.9 Å². The van der Waals surface area contributed by atoms with Crippen LogP contribution in [-0.4, -0.2) is 21.2 Å². The number of para-hydroxylation sites is 1. The van der Waals surface area contributed by atoms with Crippen molar-refractivity contribution in [1.29, 1.82) is 0 Å². The molecule has 0 aliphatic heterocycles. The van der Waals surface area contributed by atoms with E-state index >= 15 is 0 Å². The molecule has 1 heterocycles. The van der Waals surface area contributed by atoms with Crippen LogP contribution in [0.4, 0.5) is 0 Å². The molecule has 0 saturated heterocycles. The van der Waals surface area contributed by atoms with Crippen molar-refractivity contribution in [3.8, 4) is 5.69 Å². The molecule has 4 heteroatoms. The van der Waals surface area contributed by atoms with E-state index in [0.717, 1.165) is 17.8 Å². The lowest BCUT2D eigenvalue weighted by atomic mass is 10.1. The standard InChI is InChI=1S/C14H17N3O/c1-11(2)8-14-9-12(10-15-18)16-17(14)13-6-4-3-5-7-13/h3-7,9-11,18H,8H2,1-2H3/b15-10+. The number of oxime groups is 1. The lowest BCUT2D eigenvalue weighted by Gasteiger charge is -2.08. The highest BCUT2D eigenvalue weighted by Crippen LogP contribution is 2.15. The van der Waals surface area contributed by atoms with Crippen LogP contribution in [0.15, 0.2) is 41.6 Å². The summed E-state index contributed by atoms with van der Waals surface area (Å²) in [6.07, 6.45) is 2.28. The minimum absolute atomic E-state index is 0.545. The summed E-state index contributed by atoms with van der Waals surface area (Å²) in [7, 11) is 0. The van der Waals surface area contributed by atoms with Crippen molar-refractivity contribution in [1.82, 2.24) is 9.78 Å². The zero-order valence-corrected chi connectivity index (χ0v) is 10.6. The fraction of sp³-hybridized carbons (Fsp3) is 0.286. The highest BCUT2D eigenvalue weighted by atomic mass is 16.4. The van der Waals surface area contributed by atoms with Gasteiger partial charge in [-0.2, -0.15) is 5.10 Å². The first kappa shape index (κ1) is 12.4. The minimum atomic E-state index is 0.545. The number of hydrogen-bond acceptors (Lipinski definition) is 3. The molecule has 2 rings (SSSR count). The fourth-order valence-corrected chi connectivity index (χ4v) is 1.92. The van der Waals surface area contributed by atoms with Gasteiger partial charge in [-0.25, -0.2) is 4.68 Å². The van der Waals surface area contributed by atoms with Gasteiger partial charge in [-0.15, -0.1) is 0 Å². The molecular formula is C14H17N3O. The first-order valence-corrected chi connectivity index (χ1v) is 6.02. The molecule has 1 N–H and O–H groups in total. The molecule has 4 nitrogen and oxygen atoms in total. The molecule has 0 unspecified atom stereocenters. The monoisotopic (exact) mass is 243 g/mol. The number of aromatic nitrogens is 2. The maximum Gasteiger partial charge on any atom is 0.107 e. The molecule has 1 aromatic carbocycles. The van der Waals surface area contributed by atoms with Crippen LogP contribution in [0.5, 0.6) is 0 Å². The Kier molecular flexibility index (Phi) is 3.77. The Morgan fingerprint density at radius 1 is 1.33 bits per heavy atom. The van der Waals surface area contributed by atoms with Gasteiger partial charge in [0.15, 0.2) is 0 Å². The first-order valence-electron chi connectivity index (χ1n) is 6.02. The number of hydrogen-bond donors (Lipinski definition) is 1. The van der Waals surface area contributed by atoms with Gasteiger partial charge in [0.25, 0.3) is 0 Å².